The van der Waals surface area contributed by atoms with Crippen LogP contribution in [0.15, 0.2) is 17.0 Å². The summed E-state index contributed by atoms with van der Waals surface area (Å²) in [4.78, 5) is 9.05. The predicted molar refractivity (Wildman–Crippen MR) is 70.0 cm³/mol. The summed E-state index contributed by atoms with van der Waals surface area (Å²) in [5.41, 5.74) is 4.44. The fourth-order valence-corrected chi connectivity index (χ4v) is 3.28. The molecule has 7 nitrogen and oxygen atoms in total. The van der Waals surface area contributed by atoms with Gasteiger partial charge in [0.25, 0.3) is 5.69 Å². The Kier molecular flexibility index (Phi) is 3.65. The van der Waals surface area contributed by atoms with Gasteiger partial charge in [-0.05, 0) is 18.8 Å². The number of nitro benzene ring substituents is 1. The molecule has 0 amide bonds. The highest BCUT2D eigenvalue weighted by atomic mass is 32.2. The van der Waals surface area contributed by atoms with Crippen molar-refractivity contribution in [2.45, 2.75) is 17.7 Å². The molecule has 1 aliphatic carbocycles. The first-order valence-corrected chi connectivity index (χ1v) is 7.37. The first-order chi connectivity index (χ1) is 9.23. The molecular formula is C11H14FN3O4S. The summed E-state index contributed by atoms with van der Waals surface area (Å²) < 4.78 is 39.4. The van der Waals surface area contributed by atoms with E-state index in [0.29, 0.717) is 6.07 Å². The zero-order valence-corrected chi connectivity index (χ0v) is 11.6. The minimum atomic E-state index is -4.09. The maximum Gasteiger partial charge on any atom is 0.274 e. The van der Waals surface area contributed by atoms with E-state index in [-0.39, 0.29) is 12.5 Å². The van der Waals surface area contributed by atoms with Gasteiger partial charge in [0.05, 0.1) is 16.7 Å². The van der Waals surface area contributed by atoms with Crippen LogP contribution in [0.4, 0.5) is 15.8 Å². The van der Waals surface area contributed by atoms with E-state index in [1.54, 1.807) is 0 Å². The summed E-state index contributed by atoms with van der Waals surface area (Å²) in [7, 11) is -2.75. The number of nitro groups is 1. The molecular weight excluding hydrogens is 289 g/mol. The highest BCUT2D eigenvalue weighted by Crippen LogP contribution is 2.33. The molecule has 0 unspecified atom stereocenters. The van der Waals surface area contributed by atoms with E-state index in [4.69, 9.17) is 5.73 Å². The summed E-state index contributed by atoms with van der Waals surface area (Å²) in [6.45, 7) is 0.290. The fraction of sp³-hybridized carbons (Fsp3) is 0.455. The molecule has 0 radical (unpaired) electrons. The lowest BCUT2D eigenvalue weighted by Gasteiger charge is -2.18. The van der Waals surface area contributed by atoms with Gasteiger partial charge in [0, 0.05) is 19.7 Å². The second-order valence-corrected chi connectivity index (χ2v) is 6.81. The van der Waals surface area contributed by atoms with Crippen LogP contribution >= 0.6 is 0 Å². The molecule has 110 valence electrons. The van der Waals surface area contributed by atoms with Crippen LogP contribution in [0.3, 0.4) is 0 Å². The molecule has 0 aromatic heterocycles. The molecule has 0 heterocycles. The molecule has 1 fully saturated rings. The maximum atomic E-state index is 13.9. The molecule has 2 rings (SSSR count). The van der Waals surface area contributed by atoms with Crippen molar-refractivity contribution in [2.75, 3.05) is 19.3 Å². The predicted octanol–water partition coefficient (Wildman–Crippen LogP) is 1.35. The fourth-order valence-electron chi connectivity index (χ4n) is 1.90. The van der Waals surface area contributed by atoms with Gasteiger partial charge in [0.15, 0.2) is 5.82 Å². The standard InChI is InChI=1S/C11H14FN3O4S/c1-14(6-7-2-3-7)20(18,19)11-9(12)4-8(15(16)17)5-10(11)13/h4-5,7H,2-3,6,13H2,1H3. The highest BCUT2D eigenvalue weighted by molar-refractivity contribution is 7.89. The number of anilines is 1. The Morgan fingerprint density at radius 1 is 1.50 bits per heavy atom. The van der Waals surface area contributed by atoms with E-state index >= 15 is 0 Å². The Hall–Kier alpha value is -1.74. The average molecular weight is 303 g/mol. The Balaban J connectivity index is 2.42. The number of nitrogens with zero attached hydrogens (tertiary/aromatic N) is 2. The molecule has 0 atom stereocenters. The maximum absolute atomic E-state index is 13.9. The van der Waals surface area contributed by atoms with Gasteiger partial charge in [-0.2, -0.15) is 0 Å². The quantitative estimate of drug-likeness (QED) is 0.502. The van der Waals surface area contributed by atoms with E-state index in [1.165, 1.54) is 7.05 Å². The van der Waals surface area contributed by atoms with Crippen LogP contribution in [0.5, 0.6) is 0 Å². The SMILES string of the molecule is CN(CC1CC1)S(=O)(=O)c1c(N)cc([N+](=O)[O-])cc1F. The van der Waals surface area contributed by atoms with Gasteiger partial charge in [-0.15, -0.1) is 0 Å². The third kappa shape index (κ3) is 2.73. The van der Waals surface area contributed by atoms with Crippen molar-refractivity contribution in [3.05, 3.63) is 28.1 Å². The topological polar surface area (TPSA) is 107 Å². The van der Waals surface area contributed by atoms with Crippen molar-refractivity contribution in [1.29, 1.82) is 0 Å². The number of nitrogen functional groups attached to an aromatic ring is 1. The van der Waals surface area contributed by atoms with Crippen LogP contribution in [0.2, 0.25) is 0 Å². The van der Waals surface area contributed by atoms with E-state index in [9.17, 15) is 22.9 Å². The molecule has 0 bridgehead atoms. The van der Waals surface area contributed by atoms with Crippen LogP contribution in [-0.4, -0.2) is 31.2 Å². The normalized spacial score (nSPS) is 15.6. The molecule has 2 N–H and O–H groups in total. The highest BCUT2D eigenvalue weighted by Gasteiger charge is 2.33. The van der Waals surface area contributed by atoms with E-state index in [1.807, 2.05) is 0 Å². The Labute approximate surface area is 115 Å². The lowest BCUT2D eigenvalue weighted by atomic mass is 10.3. The summed E-state index contributed by atoms with van der Waals surface area (Å²) in [5.74, 6) is -0.920. The lowest BCUT2D eigenvalue weighted by molar-refractivity contribution is -0.385. The molecule has 1 saturated carbocycles. The van der Waals surface area contributed by atoms with Crippen LogP contribution in [0.1, 0.15) is 12.8 Å². The summed E-state index contributed by atoms with van der Waals surface area (Å²) in [5, 5.41) is 10.6. The third-order valence-electron chi connectivity index (χ3n) is 3.15. The molecule has 1 aliphatic rings. The molecule has 20 heavy (non-hydrogen) atoms. The smallest absolute Gasteiger partial charge is 0.274 e. The number of benzene rings is 1. The second kappa shape index (κ2) is 4.98. The molecule has 0 aliphatic heterocycles. The van der Waals surface area contributed by atoms with Crippen molar-refractivity contribution in [3.8, 4) is 0 Å². The van der Waals surface area contributed by atoms with E-state index < -0.39 is 37.0 Å². The minimum absolute atomic E-state index is 0.289. The van der Waals surface area contributed by atoms with Crippen molar-refractivity contribution in [1.82, 2.24) is 4.31 Å². The molecule has 9 heteroatoms. The van der Waals surface area contributed by atoms with Gasteiger partial charge >= 0.3 is 0 Å². The molecule has 0 saturated heterocycles. The number of rotatable bonds is 5. The molecule has 1 aromatic carbocycles. The van der Waals surface area contributed by atoms with E-state index in [2.05, 4.69) is 0 Å². The summed E-state index contributed by atoms with van der Waals surface area (Å²) in [6, 6.07) is 1.41. The molecule has 1 aromatic rings. The number of hydrogen-bond acceptors (Lipinski definition) is 5. The first kappa shape index (κ1) is 14.7. The summed E-state index contributed by atoms with van der Waals surface area (Å²) in [6.07, 6.45) is 1.89. The zero-order valence-electron chi connectivity index (χ0n) is 10.7. The number of nitrogens with two attached hydrogens (primary N) is 1. The van der Waals surface area contributed by atoms with E-state index in [0.717, 1.165) is 23.2 Å². The first-order valence-electron chi connectivity index (χ1n) is 5.93. The van der Waals surface area contributed by atoms with Gasteiger partial charge in [0.1, 0.15) is 4.90 Å². The van der Waals surface area contributed by atoms with Gasteiger partial charge in [-0.25, -0.2) is 17.1 Å². The van der Waals surface area contributed by atoms with Crippen molar-refractivity contribution >= 4 is 21.4 Å². The average Bonchev–Trinajstić information content (AvgIpc) is 3.11. The Morgan fingerprint density at radius 2 is 2.10 bits per heavy atom. The lowest BCUT2D eigenvalue weighted by Crippen LogP contribution is -2.30. The monoisotopic (exact) mass is 303 g/mol. The number of hydrogen-bond donors (Lipinski definition) is 1. The van der Waals surface area contributed by atoms with Crippen LogP contribution in [0.25, 0.3) is 0 Å². The zero-order chi connectivity index (χ0) is 15.1. The number of halogens is 1. The van der Waals surface area contributed by atoms with Crippen LogP contribution < -0.4 is 5.73 Å². The number of non-ortho nitro benzene ring substituents is 1. The van der Waals surface area contributed by atoms with Crippen LogP contribution in [0, 0.1) is 21.8 Å². The molecule has 0 spiro atoms. The largest absolute Gasteiger partial charge is 0.397 e. The Bertz CT molecular complexity index is 635. The summed E-state index contributed by atoms with van der Waals surface area (Å²) >= 11 is 0. The van der Waals surface area contributed by atoms with Crippen molar-refractivity contribution < 1.29 is 17.7 Å². The van der Waals surface area contributed by atoms with Gasteiger partial charge in [0.2, 0.25) is 10.0 Å². The van der Waals surface area contributed by atoms with Crippen molar-refractivity contribution in [3.63, 3.8) is 0 Å². The minimum Gasteiger partial charge on any atom is -0.397 e. The van der Waals surface area contributed by atoms with Crippen LogP contribution in [-0.2, 0) is 10.0 Å². The van der Waals surface area contributed by atoms with Gasteiger partial charge in [-0.3, -0.25) is 10.1 Å². The second-order valence-electron chi connectivity index (χ2n) is 4.83. The van der Waals surface area contributed by atoms with Gasteiger partial charge < -0.3 is 5.73 Å². The van der Waals surface area contributed by atoms with Gasteiger partial charge in [-0.1, -0.05) is 0 Å². The number of sulfonamides is 1. The Morgan fingerprint density at radius 3 is 2.55 bits per heavy atom. The van der Waals surface area contributed by atoms with Crippen molar-refractivity contribution in [2.24, 2.45) is 5.92 Å². The third-order valence-corrected chi connectivity index (χ3v) is 5.06.